The van der Waals surface area contributed by atoms with Crippen LogP contribution >= 0.6 is 0 Å². The lowest BCUT2D eigenvalue weighted by Crippen LogP contribution is -2.45. The summed E-state index contributed by atoms with van der Waals surface area (Å²) in [6, 6.07) is 7.97. The Balaban J connectivity index is 0.00000116. The molecule has 2 rings (SSSR count). The van der Waals surface area contributed by atoms with Crippen LogP contribution in [0.5, 0.6) is 0 Å². The fourth-order valence-corrected chi connectivity index (χ4v) is 2.54. The monoisotopic (exact) mass is 305 g/mol. The molecule has 0 bridgehead atoms. The van der Waals surface area contributed by atoms with E-state index in [0.717, 1.165) is 50.3 Å². The first-order valence-electron chi connectivity index (χ1n) is 8.28. The van der Waals surface area contributed by atoms with Gasteiger partial charge in [0.05, 0.1) is 0 Å². The molecule has 4 heteroatoms. The molecule has 22 heavy (non-hydrogen) atoms. The Kier molecular flexibility index (Phi) is 8.13. The number of hydrogen-bond acceptors (Lipinski definition) is 3. The van der Waals surface area contributed by atoms with Crippen molar-refractivity contribution in [3.8, 4) is 0 Å². The number of piperazine rings is 1. The smallest absolute Gasteiger partial charge is 0.253 e. The normalized spacial score (nSPS) is 15.9. The summed E-state index contributed by atoms with van der Waals surface area (Å²) in [5.41, 5.74) is 2.00. The molecule has 0 aliphatic carbocycles. The highest BCUT2D eigenvalue weighted by atomic mass is 16.2. The quantitative estimate of drug-likeness (QED) is 0.853. The average molecular weight is 305 g/mol. The van der Waals surface area contributed by atoms with Gasteiger partial charge in [-0.1, -0.05) is 32.0 Å². The van der Waals surface area contributed by atoms with Crippen molar-refractivity contribution < 1.29 is 4.79 Å². The van der Waals surface area contributed by atoms with E-state index in [2.05, 4.69) is 22.9 Å². The maximum Gasteiger partial charge on any atom is 0.253 e. The molecule has 0 unspecified atom stereocenters. The zero-order chi connectivity index (χ0) is 16.5. The third kappa shape index (κ3) is 5.43. The Bertz CT molecular complexity index is 451. The summed E-state index contributed by atoms with van der Waals surface area (Å²) in [4.78, 5) is 18.7. The van der Waals surface area contributed by atoms with Gasteiger partial charge in [0.1, 0.15) is 0 Å². The van der Waals surface area contributed by atoms with Gasteiger partial charge < -0.3 is 14.7 Å². The molecular weight excluding hydrogens is 274 g/mol. The van der Waals surface area contributed by atoms with Gasteiger partial charge in [-0.3, -0.25) is 4.79 Å². The maximum atomic E-state index is 12.2. The molecule has 0 N–H and O–H groups in total. The van der Waals surface area contributed by atoms with Crippen LogP contribution in [-0.2, 0) is 6.42 Å². The number of rotatable bonds is 4. The van der Waals surface area contributed by atoms with Crippen molar-refractivity contribution in [1.82, 2.24) is 14.7 Å². The van der Waals surface area contributed by atoms with Gasteiger partial charge in [0.25, 0.3) is 5.91 Å². The molecule has 1 heterocycles. The van der Waals surface area contributed by atoms with Crippen LogP contribution in [0.15, 0.2) is 24.3 Å². The van der Waals surface area contributed by atoms with E-state index in [0.29, 0.717) is 0 Å². The van der Waals surface area contributed by atoms with Crippen LogP contribution in [0.4, 0.5) is 0 Å². The van der Waals surface area contributed by atoms with Gasteiger partial charge in [-0.05, 0) is 25.1 Å². The van der Waals surface area contributed by atoms with Gasteiger partial charge in [0, 0.05) is 52.4 Å². The van der Waals surface area contributed by atoms with E-state index >= 15 is 0 Å². The predicted octanol–water partition coefficient (Wildman–Crippen LogP) is 2.20. The van der Waals surface area contributed by atoms with Crippen LogP contribution in [0.3, 0.4) is 0 Å². The number of benzene rings is 1. The van der Waals surface area contributed by atoms with E-state index in [1.165, 1.54) is 0 Å². The molecule has 4 nitrogen and oxygen atoms in total. The number of amides is 1. The Morgan fingerprint density at radius 1 is 1.09 bits per heavy atom. The van der Waals surface area contributed by atoms with E-state index in [-0.39, 0.29) is 5.91 Å². The van der Waals surface area contributed by atoms with Crippen molar-refractivity contribution in [3.63, 3.8) is 0 Å². The standard InChI is InChI=1S/C16H25N3O.C2H6/c1-17(2)16(20)15-7-5-4-6-14(15)8-9-19-12-10-18(3)11-13-19;1-2/h4-7H,8-13H2,1-3H3;1-2H3. The first-order valence-corrected chi connectivity index (χ1v) is 8.28. The second kappa shape index (κ2) is 9.59. The molecule has 1 aliphatic rings. The first-order chi connectivity index (χ1) is 10.6. The van der Waals surface area contributed by atoms with Gasteiger partial charge in [-0.15, -0.1) is 0 Å². The van der Waals surface area contributed by atoms with Gasteiger partial charge in [0.2, 0.25) is 0 Å². The molecule has 0 radical (unpaired) electrons. The molecule has 0 spiro atoms. The second-order valence-electron chi connectivity index (χ2n) is 5.75. The second-order valence-corrected chi connectivity index (χ2v) is 5.75. The minimum absolute atomic E-state index is 0.0963. The zero-order valence-corrected chi connectivity index (χ0v) is 14.8. The SMILES string of the molecule is CC.CN1CCN(CCc2ccccc2C(=O)N(C)C)CC1. The van der Waals surface area contributed by atoms with Gasteiger partial charge in [-0.25, -0.2) is 0 Å². The highest BCUT2D eigenvalue weighted by Gasteiger charge is 2.16. The predicted molar refractivity (Wildman–Crippen MR) is 93.4 cm³/mol. The molecule has 0 aromatic heterocycles. The topological polar surface area (TPSA) is 26.8 Å². The van der Waals surface area contributed by atoms with Crippen molar-refractivity contribution in [1.29, 1.82) is 0 Å². The lowest BCUT2D eigenvalue weighted by atomic mass is 10.0. The summed E-state index contributed by atoms with van der Waals surface area (Å²) < 4.78 is 0. The van der Waals surface area contributed by atoms with E-state index < -0.39 is 0 Å². The van der Waals surface area contributed by atoms with Crippen molar-refractivity contribution in [3.05, 3.63) is 35.4 Å². The molecule has 1 aliphatic heterocycles. The van der Waals surface area contributed by atoms with Gasteiger partial charge >= 0.3 is 0 Å². The van der Waals surface area contributed by atoms with Crippen LogP contribution < -0.4 is 0 Å². The van der Waals surface area contributed by atoms with Crippen molar-refractivity contribution in [2.45, 2.75) is 20.3 Å². The summed E-state index contributed by atoms with van der Waals surface area (Å²) >= 11 is 0. The van der Waals surface area contributed by atoms with Crippen LogP contribution in [0, 0.1) is 0 Å². The van der Waals surface area contributed by atoms with Crippen LogP contribution in [-0.4, -0.2) is 74.5 Å². The molecule has 1 amide bonds. The Morgan fingerprint density at radius 2 is 1.68 bits per heavy atom. The Morgan fingerprint density at radius 3 is 2.27 bits per heavy atom. The van der Waals surface area contributed by atoms with Crippen LogP contribution in [0.1, 0.15) is 29.8 Å². The number of nitrogens with zero attached hydrogens (tertiary/aromatic N) is 3. The fraction of sp³-hybridized carbons (Fsp3) is 0.611. The lowest BCUT2D eigenvalue weighted by molar-refractivity contribution is 0.0826. The van der Waals surface area contributed by atoms with Crippen molar-refractivity contribution in [2.24, 2.45) is 0 Å². The maximum absolute atomic E-state index is 12.2. The molecule has 0 atom stereocenters. The Labute approximate surface area is 135 Å². The number of likely N-dealkylation sites (N-methyl/N-ethyl adjacent to an activating group) is 1. The molecule has 1 aromatic rings. The van der Waals surface area contributed by atoms with E-state index in [4.69, 9.17) is 0 Å². The number of hydrogen-bond donors (Lipinski definition) is 0. The summed E-state index contributed by atoms with van der Waals surface area (Å²) in [6.07, 6.45) is 0.944. The Hall–Kier alpha value is -1.39. The minimum Gasteiger partial charge on any atom is -0.345 e. The molecule has 124 valence electrons. The number of carbonyl (C=O) groups is 1. The van der Waals surface area contributed by atoms with Crippen LogP contribution in [0.2, 0.25) is 0 Å². The molecular formula is C18H31N3O. The highest BCUT2D eigenvalue weighted by molar-refractivity contribution is 5.95. The van der Waals surface area contributed by atoms with Gasteiger partial charge in [-0.2, -0.15) is 0 Å². The van der Waals surface area contributed by atoms with Crippen LogP contribution in [0.25, 0.3) is 0 Å². The first kappa shape index (κ1) is 18.7. The molecule has 1 saturated heterocycles. The molecule has 0 saturated carbocycles. The van der Waals surface area contributed by atoms with Crippen molar-refractivity contribution in [2.75, 3.05) is 53.9 Å². The van der Waals surface area contributed by atoms with E-state index in [1.54, 1.807) is 19.0 Å². The fourth-order valence-electron chi connectivity index (χ4n) is 2.54. The van der Waals surface area contributed by atoms with E-state index in [9.17, 15) is 4.79 Å². The van der Waals surface area contributed by atoms with E-state index in [1.807, 2.05) is 32.0 Å². The molecule has 1 fully saturated rings. The summed E-state index contributed by atoms with van der Waals surface area (Å²) in [6.45, 7) is 9.56. The highest BCUT2D eigenvalue weighted by Crippen LogP contribution is 2.12. The zero-order valence-electron chi connectivity index (χ0n) is 14.8. The third-order valence-corrected chi connectivity index (χ3v) is 3.95. The summed E-state index contributed by atoms with van der Waals surface area (Å²) in [5, 5.41) is 0. The lowest BCUT2D eigenvalue weighted by Gasteiger charge is -2.32. The number of carbonyl (C=O) groups excluding carboxylic acids is 1. The minimum atomic E-state index is 0.0963. The largest absolute Gasteiger partial charge is 0.345 e. The summed E-state index contributed by atoms with van der Waals surface area (Å²) in [5.74, 6) is 0.0963. The third-order valence-electron chi connectivity index (χ3n) is 3.95. The summed E-state index contributed by atoms with van der Waals surface area (Å²) in [7, 11) is 5.78. The van der Waals surface area contributed by atoms with Crippen molar-refractivity contribution >= 4 is 5.91 Å². The average Bonchev–Trinajstić information content (AvgIpc) is 2.55. The molecule has 1 aromatic carbocycles. The van der Waals surface area contributed by atoms with Gasteiger partial charge in [0.15, 0.2) is 0 Å².